The van der Waals surface area contributed by atoms with Gasteiger partial charge in [-0.3, -0.25) is 14.5 Å². The van der Waals surface area contributed by atoms with E-state index in [1.807, 2.05) is 0 Å². The molecule has 2 N–H and O–H groups in total. The third-order valence-electron chi connectivity index (χ3n) is 7.09. The molecule has 1 saturated heterocycles. The van der Waals surface area contributed by atoms with Gasteiger partial charge >= 0.3 is 6.09 Å². The fraction of sp³-hybridized carbons (Fsp3) is 0.522. The van der Waals surface area contributed by atoms with Crippen molar-refractivity contribution in [3.05, 3.63) is 47.8 Å². The van der Waals surface area contributed by atoms with E-state index in [0.717, 1.165) is 5.56 Å². The Morgan fingerprint density at radius 3 is 2.63 bits per heavy atom. The summed E-state index contributed by atoms with van der Waals surface area (Å²) in [7, 11) is -3.96. The molecular weight excluding hydrogens is 501 g/mol. The molecule has 3 fully saturated rings. The zero-order valence-electron chi connectivity index (χ0n) is 18.9. The van der Waals surface area contributed by atoms with E-state index < -0.39 is 55.8 Å². The standard InChI is InChI=1S/C23H26FN3O6S.ClH/c1-2-14-9-23(14,21(29)34(31,32)16-6-7-16)26-20(28)19-8-15(10-25-19)33-22(30)27-11-13-4-3-5-18(24)17(13)12-27;/h2-5,14-16,19,25H,1,6-12H2,(H,26,28);1H/t14-,15-,19+,23-;/m1./s1. The molecule has 2 amide bonds. The zero-order valence-corrected chi connectivity index (χ0v) is 20.5. The highest BCUT2D eigenvalue weighted by Crippen LogP contribution is 2.48. The molecule has 5 rings (SSSR count). The highest BCUT2D eigenvalue weighted by atomic mass is 35.5. The molecule has 190 valence electrons. The minimum absolute atomic E-state index is 0. The summed E-state index contributed by atoms with van der Waals surface area (Å²) in [6.07, 6.45) is 1.60. The molecule has 0 aromatic heterocycles. The van der Waals surface area contributed by atoms with E-state index in [1.54, 1.807) is 12.1 Å². The van der Waals surface area contributed by atoms with Gasteiger partial charge in [-0.15, -0.1) is 19.0 Å². The van der Waals surface area contributed by atoms with Crippen LogP contribution in [-0.2, 0) is 37.3 Å². The number of nitrogens with one attached hydrogen (secondary N) is 2. The molecule has 4 atom stereocenters. The van der Waals surface area contributed by atoms with Gasteiger partial charge in [0.2, 0.25) is 15.7 Å². The van der Waals surface area contributed by atoms with Crippen LogP contribution in [0.5, 0.6) is 0 Å². The van der Waals surface area contributed by atoms with Crippen LogP contribution in [0.3, 0.4) is 0 Å². The maximum atomic E-state index is 13.9. The minimum Gasteiger partial charge on any atom is -0.445 e. The number of rotatable bonds is 6. The molecule has 2 saturated carbocycles. The van der Waals surface area contributed by atoms with Crippen molar-refractivity contribution in [2.75, 3.05) is 6.54 Å². The summed E-state index contributed by atoms with van der Waals surface area (Å²) < 4.78 is 44.5. The smallest absolute Gasteiger partial charge is 0.410 e. The van der Waals surface area contributed by atoms with E-state index in [4.69, 9.17) is 4.74 Å². The van der Waals surface area contributed by atoms with E-state index in [2.05, 4.69) is 17.2 Å². The second kappa shape index (κ2) is 9.18. The first kappa shape index (κ1) is 25.6. The van der Waals surface area contributed by atoms with Crippen molar-refractivity contribution in [3.63, 3.8) is 0 Å². The van der Waals surface area contributed by atoms with Gasteiger partial charge in [0.15, 0.2) is 0 Å². The molecule has 0 bridgehead atoms. The van der Waals surface area contributed by atoms with Gasteiger partial charge in [-0.1, -0.05) is 18.2 Å². The molecule has 4 aliphatic rings. The molecular formula is C23H27ClFN3O6S. The average molecular weight is 528 g/mol. The average Bonchev–Trinajstić information content (AvgIpc) is 3.68. The van der Waals surface area contributed by atoms with Gasteiger partial charge < -0.3 is 15.4 Å². The molecule has 2 aliphatic carbocycles. The number of carbonyl (C=O) groups excluding carboxylic acids is 3. The van der Waals surface area contributed by atoms with Crippen LogP contribution >= 0.6 is 12.4 Å². The lowest BCUT2D eigenvalue weighted by atomic mass is 10.1. The predicted octanol–water partition coefficient (Wildman–Crippen LogP) is 1.59. The van der Waals surface area contributed by atoms with Crippen LogP contribution in [0.25, 0.3) is 0 Å². The lowest BCUT2D eigenvalue weighted by Crippen LogP contribution is -2.53. The van der Waals surface area contributed by atoms with Gasteiger partial charge in [-0.05, 0) is 30.9 Å². The predicted molar refractivity (Wildman–Crippen MR) is 126 cm³/mol. The van der Waals surface area contributed by atoms with Crippen molar-refractivity contribution in [2.45, 2.75) is 61.7 Å². The van der Waals surface area contributed by atoms with Gasteiger partial charge in [-0.25, -0.2) is 17.6 Å². The van der Waals surface area contributed by atoms with Crippen LogP contribution in [0.2, 0.25) is 0 Å². The number of fused-ring (bicyclic) bond motifs is 1. The number of ether oxygens (including phenoxy) is 1. The van der Waals surface area contributed by atoms with Crippen LogP contribution in [0, 0.1) is 11.7 Å². The van der Waals surface area contributed by atoms with E-state index in [1.165, 1.54) is 17.0 Å². The molecule has 12 heteroatoms. The highest BCUT2D eigenvalue weighted by Gasteiger charge is 2.65. The number of nitrogens with zero attached hydrogens (tertiary/aromatic N) is 1. The van der Waals surface area contributed by atoms with Crippen molar-refractivity contribution >= 4 is 39.4 Å². The van der Waals surface area contributed by atoms with E-state index in [0.29, 0.717) is 18.4 Å². The topological polar surface area (TPSA) is 122 Å². The highest BCUT2D eigenvalue weighted by molar-refractivity contribution is 8.07. The van der Waals surface area contributed by atoms with Crippen molar-refractivity contribution in [2.24, 2.45) is 5.92 Å². The first-order valence-electron chi connectivity index (χ1n) is 11.3. The molecule has 0 radical (unpaired) electrons. The Morgan fingerprint density at radius 2 is 2.00 bits per heavy atom. The summed E-state index contributed by atoms with van der Waals surface area (Å²) in [6.45, 7) is 4.25. The molecule has 2 aliphatic heterocycles. The fourth-order valence-corrected chi connectivity index (χ4v) is 6.67. The summed E-state index contributed by atoms with van der Waals surface area (Å²) >= 11 is 0. The van der Waals surface area contributed by atoms with Crippen LogP contribution < -0.4 is 10.6 Å². The summed E-state index contributed by atoms with van der Waals surface area (Å²) in [5.74, 6) is -1.32. The normalized spacial score (nSPS) is 29.1. The second-order valence-corrected chi connectivity index (χ2v) is 11.6. The summed E-state index contributed by atoms with van der Waals surface area (Å²) in [4.78, 5) is 39.7. The van der Waals surface area contributed by atoms with E-state index in [-0.39, 0.29) is 50.7 Å². The van der Waals surface area contributed by atoms with Gasteiger partial charge in [0, 0.05) is 31.0 Å². The maximum absolute atomic E-state index is 13.9. The Hall–Kier alpha value is -2.50. The lowest BCUT2D eigenvalue weighted by Gasteiger charge is -2.21. The van der Waals surface area contributed by atoms with Gasteiger partial charge in [0.05, 0.1) is 17.8 Å². The molecule has 1 aromatic carbocycles. The zero-order chi connectivity index (χ0) is 24.3. The summed E-state index contributed by atoms with van der Waals surface area (Å²) in [6, 6.07) is 3.96. The number of hydrogen-bond donors (Lipinski definition) is 2. The van der Waals surface area contributed by atoms with Crippen LogP contribution in [-0.4, -0.2) is 59.9 Å². The third-order valence-corrected chi connectivity index (χ3v) is 9.32. The number of sulfone groups is 1. The van der Waals surface area contributed by atoms with Crippen molar-refractivity contribution in [3.8, 4) is 0 Å². The maximum Gasteiger partial charge on any atom is 0.410 e. The van der Waals surface area contributed by atoms with Gasteiger partial charge in [-0.2, -0.15) is 0 Å². The number of hydrogen-bond acceptors (Lipinski definition) is 7. The van der Waals surface area contributed by atoms with Gasteiger partial charge in [0.25, 0.3) is 5.12 Å². The Kier molecular flexibility index (Phi) is 6.71. The fourth-order valence-electron chi connectivity index (χ4n) is 4.81. The SMILES string of the molecule is C=C[C@@H]1C[C@]1(NC(=O)[C@@H]1C[C@@H](OC(=O)N2Cc3cccc(F)c3C2)CN1)C(=O)S(=O)(=O)C1CC1.Cl. The minimum atomic E-state index is -3.96. The second-order valence-electron chi connectivity index (χ2n) is 9.47. The largest absolute Gasteiger partial charge is 0.445 e. The first-order valence-corrected chi connectivity index (χ1v) is 12.9. The van der Waals surface area contributed by atoms with Crippen molar-refractivity contribution in [1.29, 1.82) is 0 Å². The summed E-state index contributed by atoms with van der Waals surface area (Å²) in [5.41, 5.74) is -0.267. The van der Waals surface area contributed by atoms with Crippen LogP contribution in [0.15, 0.2) is 30.9 Å². The molecule has 0 unspecified atom stereocenters. The number of amides is 2. The van der Waals surface area contributed by atoms with Crippen LogP contribution in [0.1, 0.15) is 36.8 Å². The molecule has 1 aromatic rings. The molecule has 0 spiro atoms. The Bertz CT molecular complexity index is 1190. The lowest BCUT2D eigenvalue weighted by molar-refractivity contribution is -0.127. The Labute approximate surface area is 208 Å². The molecule has 9 nitrogen and oxygen atoms in total. The Balaban J connectivity index is 0.00000289. The third kappa shape index (κ3) is 4.56. The van der Waals surface area contributed by atoms with Crippen molar-refractivity contribution in [1.82, 2.24) is 15.5 Å². The quantitative estimate of drug-likeness (QED) is 0.539. The number of benzene rings is 1. The Morgan fingerprint density at radius 1 is 1.26 bits per heavy atom. The van der Waals surface area contributed by atoms with E-state index >= 15 is 0 Å². The van der Waals surface area contributed by atoms with Crippen molar-refractivity contribution < 1.29 is 31.9 Å². The monoisotopic (exact) mass is 527 g/mol. The van der Waals surface area contributed by atoms with E-state index in [9.17, 15) is 27.2 Å². The molecule has 35 heavy (non-hydrogen) atoms. The van der Waals surface area contributed by atoms with Crippen LogP contribution in [0.4, 0.5) is 9.18 Å². The summed E-state index contributed by atoms with van der Waals surface area (Å²) in [5, 5.41) is 4.03. The molecule has 2 heterocycles. The number of halogens is 2. The first-order chi connectivity index (χ1) is 16.2. The van der Waals surface area contributed by atoms with Gasteiger partial charge in [0.1, 0.15) is 17.5 Å². The number of carbonyl (C=O) groups is 3.